The van der Waals surface area contributed by atoms with Crippen molar-refractivity contribution < 1.29 is 23.9 Å². The average Bonchev–Trinajstić information content (AvgIpc) is 2.73. The fourth-order valence-corrected chi connectivity index (χ4v) is 2.86. The Hall–Kier alpha value is -2.32. The highest BCUT2D eigenvalue weighted by Gasteiger charge is 2.52. The van der Waals surface area contributed by atoms with Crippen LogP contribution in [-0.4, -0.2) is 47.6 Å². The van der Waals surface area contributed by atoms with E-state index in [1.165, 1.54) is 0 Å². The summed E-state index contributed by atoms with van der Waals surface area (Å²) >= 11 is 0. The standard InChI is InChI=1S/C14H22N4O5/c1-2-23-13(22)15-9-6-10(19)17-18-11(20)14(16-12(18)21)7-4-3-5-8-14/h2-9H2,1H3,(H,15,22)(H,16,21)(H,17,19). The summed E-state index contributed by atoms with van der Waals surface area (Å²) < 4.78 is 4.66. The first-order valence-electron chi connectivity index (χ1n) is 7.85. The third-order valence-electron chi connectivity index (χ3n) is 4.00. The molecule has 0 atom stereocenters. The summed E-state index contributed by atoms with van der Waals surface area (Å²) in [5.74, 6) is -0.938. The Morgan fingerprint density at radius 3 is 2.61 bits per heavy atom. The minimum absolute atomic E-state index is 0.0550. The number of nitrogens with one attached hydrogen (secondary N) is 3. The molecule has 2 aliphatic rings. The molecule has 9 heteroatoms. The Morgan fingerprint density at radius 1 is 1.26 bits per heavy atom. The van der Waals surface area contributed by atoms with Gasteiger partial charge in [0.2, 0.25) is 5.91 Å². The lowest BCUT2D eigenvalue weighted by atomic mass is 9.82. The molecule has 1 aliphatic heterocycles. The molecule has 23 heavy (non-hydrogen) atoms. The molecule has 1 heterocycles. The molecule has 3 N–H and O–H groups in total. The number of hydrogen-bond acceptors (Lipinski definition) is 5. The van der Waals surface area contributed by atoms with Crippen LogP contribution in [0.1, 0.15) is 45.4 Å². The normalized spacial score (nSPS) is 19.4. The first kappa shape index (κ1) is 17.0. The predicted molar refractivity (Wildman–Crippen MR) is 79.0 cm³/mol. The number of amides is 5. The summed E-state index contributed by atoms with van der Waals surface area (Å²) in [5, 5.41) is 5.84. The second-order valence-electron chi connectivity index (χ2n) is 5.65. The average molecular weight is 326 g/mol. The third-order valence-corrected chi connectivity index (χ3v) is 4.00. The van der Waals surface area contributed by atoms with Crippen LogP contribution in [0.15, 0.2) is 0 Å². The molecule has 1 spiro atoms. The van der Waals surface area contributed by atoms with Crippen molar-refractivity contribution in [1.82, 2.24) is 21.1 Å². The first-order chi connectivity index (χ1) is 11.0. The van der Waals surface area contributed by atoms with E-state index >= 15 is 0 Å². The van der Waals surface area contributed by atoms with Crippen LogP contribution < -0.4 is 16.1 Å². The van der Waals surface area contributed by atoms with Crippen LogP contribution in [0.4, 0.5) is 9.59 Å². The van der Waals surface area contributed by atoms with Crippen molar-refractivity contribution in [2.45, 2.75) is 51.0 Å². The molecule has 9 nitrogen and oxygen atoms in total. The number of urea groups is 1. The number of nitrogens with zero attached hydrogens (tertiary/aromatic N) is 1. The van der Waals surface area contributed by atoms with E-state index < -0.39 is 29.5 Å². The van der Waals surface area contributed by atoms with Gasteiger partial charge in [-0.15, -0.1) is 0 Å². The highest BCUT2D eigenvalue weighted by molar-refractivity contribution is 6.08. The summed E-state index contributed by atoms with van der Waals surface area (Å²) in [5.41, 5.74) is 1.43. The number of alkyl carbamates (subject to hydrolysis) is 1. The molecule has 0 aromatic heterocycles. The Balaban J connectivity index is 1.82. The van der Waals surface area contributed by atoms with Gasteiger partial charge in [0.05, 0.1) is 6.61 Å². The van der Waals surface area contributed by atoms with E-state index in [1.54, 1.807) is 6.92 Å². The SMILES string of the molecule is CCOC(=O)NCCC(=O)NN1C(=O)NC2(CCCCC2)C1=O. The van der Waals surface area contributed by atoms with Crippen LogP contribution >= 0.6 is 0 Å². The molecule has 0 aromatic rings. The lowest BCUT2D eigenvalue weighted by Gasteiger charge is -2.30. The molecule has 128 valence electrons. The van der Waals surface area contributed by atoms with Crippen molar-refractivity contribution in [3.05, 3.63) is 0 Å². The van der Waals surface area contributed by atoms with Crippen molar-refractivity contribution in [3.8, 4) is 0 Å². The maximum atomic E-state index is 12.4. The second-order valence-corrected chi connectivity index (χ2v) is 5.65. The Kier molecular flexibility index (Phi) is 5.41. The van der Waals surface area contributed by atoms with Gasteiger partial charge in [-0.05, 0) is 19.8 Å². The van der Waals surface area contributed by atoms with E-state index in [0.29, 0.717) is 12.8 Å². The van der Waals surface area contributed by atoms with Crippen molar-refractivity contribution in [3.63, 3.8) is 0 Å². The quantitative estimate of drug-likeness (QED) is 0.633. The van der Waals surface area contributed by atoms with E-state index in [1.807, 2.05) is 0 Å². The number of hydrogen-bond donors (Lipinski definition) is 3. The molecule has 5 amide bonds. The van der Waals surface area contributed by atoms with Gasteiger partial charge >= 0.3 is 12.1 Å². The predicted octanol–water partition coefficient (Wildman–Crippen LogP) is 0.409. The summed E-state index contributed by atoms with van der Waals surface area (Å²) in [7, 11) is 0. The van der Waals surface area contributed by atoms with Crippen molar-refractivity contribution >= 4 is 23.9 Å². The van der Waals surface area contributed by atoms with Crippen LogP contribution in [0.25, 0.3) is 0 Å². The van der Waals surface area contributed by atoms with Gasteiger partial charge in [0, 0.05) is 13.0 Å². The molecule has 2 rings (SSSR count). The molecule has 2 fully saturated rings. The van der Waals surface area contributed by atoms with Gasteiger partial charge in [0.15, 0.2) is 0 Å². The molecule has 1 saturated carbocycles. The molecule has 0 aromatic carbocycles. The minimum atomic E-state index is -0.869. The number of carbonyl (C=O) groups is 4. The monoisotopic (exact) mass is 326 g/mol. The van der Waals surface area contributed by atoms with Crippen LogP contribution in [0.3, 0.4) is 0 Å². The number of hydrazine groups is 1. The topological polar surface area (TPSA) is 117 Å². The molecule has 1 saturated heterocycles. The lowest BCUT2D eigenvalue weighted by molar-refractivity contribution is -0.139. The maximum Gasteiger partial charge on any atom is 0.407 e. The highest BCUT2D eigenvalue weighted by atomic mass is 16.5. The minimum Gasteiger partial charge on any atom is -0.450 e. The largest absolute Gasteiger partial charge is 0.450 e. The van der Waals surface area contributed by atoms with Gasteiger partial charge in [0.25, 0.3) is 5.91 Å². The van der Waals surface area contributed by atoms with Crippen molar-refractivity contribution in [1.29, 1.82) is 0 Å². The fraction of sp³-hybridized carbons (Fsp3) is 0.714. The van der Waals surface area contributed by atoms with Gasteiger partial charge < -0.3 is 15.4 Å². The van der Waals surface area contributed by atoms with Crippen LogP contribution in [0, 0.1) is 0 Å². The van der Waals surface area contributed by atoms with Crippen LogP contribution in [0.5, 0.6) is 0 Å². The third kappa shape index (κ3) is 3.91. The van der Waals surface area contributed by atoms with Crippen molar-refractivity contribution in [2.24, 2.45) is 0 Å². The van der Waals surface area contributed by atoms with Crippen LogP contribution in [-0.2, 0) is 14.3 Å². The first-order valence-corrected chi connectivity index (χ1v) is 7.85. The summed E-state index contributed by atoms with van der Waals surface area (Å²) in [4.78, 5) is 47.3. The zero-order chi connectivity index (χ0) is 16.9. The smallest absolute Gasteiger partial charge is 0.407 e. The van der Waals surface area contributed by atoms with Crippen molar-refractivity contribution in [2.75, 3.05) is 13.2 Å². The summed E-state index contributed by atoms with van der Waals surface area (Å²) in [6.45, 7) is 1.97. The summed E-state index contributed by atoms with van der Waals surface area (Å²) in [6, 6.07) is -0.608. The van der Waals surface area contributed by atoms with Gasteiger partial charge in [0.1, 0.15) is 5.54 Å². The Labute approximate surface area is 134 Å². The van der Waals surface area contributed by atoms with Crippen LogP contribution in [0.2, 0.25) is 0 Å². The zero-order valence-corrected chi connectivity index (χ0v) is 13.1. The molecular weight excluding hydrogens is 304 g/mol. The molecule has 1 aliphatic carbocycles. The zero-order valence-electron chi connectivity index (χ0n) is 13.1. The Bertz CT molecular complexity index is 501. The number of ether oxygens (including phenoxy) is 1. The lowest BCUT2D eigenvalue weighted by Crippen LogP contribution is -2.51. The fourth-order valence-electron chi connectivity index (χ4n) is 2.86. The number of carbonyl (C=O) groups excluding carboxylic acids is 4. The number of rotatable bonds is 5. The molecule has 0 unspecified atom stereocenters. The van der Waals surface area contributed by atoms with Gasteiger partial charge in [-0.25, -0.2) is 9.59 Å². The second kappa shape index (κ2) is 7.30. The van der Waals surface area contributed by atoms with E-state index in [0.717, 1.165) is 24.3 Å². The molecule has 0 bridgehead atoms. The van der Waals surface area contributed by atoms with Gasteiger partial charge in [-0.2, -0.15) is 5.01 Å². The molecular formula is C14H22N4O5. The van der Waals surface area contributed by atoms with E-state index in [-0.39, 0.29) is 19.6 Å². The van der Waals surface area contributed by atoms with E-state index in [9.17, 15) is 19.2 Å². The molecule has 0 radical (unpaired) electrons. The van der Waals surface area contributed by atoms with Gasteiger partial charge in [-0.3, -0.25) is 15.0 Å². The number of imide groups is 1. The van der Waals surface area contributed by atoms with Gasteiger partial charge in [-0.1, -0.05) is 19.3 Å². The summed E-state index contributed by atoms with van der Waals surface area (Å²) in [6.07, 6.45) is 3.29. The highest BCUT2D eigenvalue weighted by Crippen LogP contribution is 2.32. The van der Waals surface area contributed by atoms with E-state index in [2.05, 4.69) is 20.8 Å². The maximum absolute atomic E-state index is 12.4. The Morgan fingerprint density at radius 2 is 1.96 bits per heavy atom. The van der Waals surface area contributed by atoms with E-state index in [4.69, 9.17) is 0 Å².